The van der Waals surface area contributed by atoms with Crippen LogP contribution in [0.3, 0.4) is 0 Å². The van der Waals surface area contributed by atoms with Gasteiger partial charge in [-0.25, -0.2) is 0 Å². The summed E-state index contributed by atoms with van der Waals surface area (Å²) in [7, 11) is 2.07. The van der Waals surface area contributed by atoms with Crippen molar-refractivity contribution in [1.29, 1.82) is 0 Å². The van der Waals surface area contributed by atoms with Crippen LogP contribution in [0.4, 0.5) is 0 Å². The van der Waals surface area contributed by atoms with E-state index >= 15 is 0 Å². The van der Waals surface area contributed by atoms with Crippen molar-refractivity contribution in [1.82, 2.24) is 5.32 Å². The van der Waals surface area contributed by atoms with E-state index in [4.69, 9.17) is 0 Å². The van der Waals surface area contributed by atoms with Crippen LogP contribution in [0.25, 0.3) is 0 Å². The largest absolute Gasteiger partial charge is 0.317 e. The summed E-state index contributed by atoms with van der Waals surface area (Å²) in [5, 5.41) is 3.36. The molecule has 0 spiro atoms. The summed E-state index contributed by atoms with van der Waals surface area (Å²) in [4.78, 5) is 0. The first-order valence-electron chi connectivity index (χ1n) is 4.72. The smallest absolute Gasteiger partial charge is 0.00700 e. The quantitative estimate of drug-likeness (QED) is 0.601. The van der Waals surface area contributed by atoms with Crippen LogP contribution in [0.5, 0.6) is 0 Å². The summed E-state index contributed by atoms with van der Waals surface area (Å²) in [5.74, 6) is 0. The van der Waals surface area contributed by atoms with Crippen LogP contribution in [-0.2, 0) is 0 Å². The number of allylic oxidation sites excluding steroid dienone is 2. The summed E-state index contributed by atoms with van der Waals surface area (Å²) < 4.78 is 0. The Hall–Kier alpha value is -0.300. The van der Waals surface area contributed by atoms with Crippen LogP contribution >= 0.6 is 0 Å². The second-order valence-electron chi connectivity index (χ2n) is 3.32. The van der Waals surface area contributed by atoms with Crippen molar-refractivity contribution in [2.24, 2.45) is 0 Å². The van der Waals surface area contributed by atoms with E-state index in [1.807, 2.05) is 0 Å². The van der Waals surface area contributed by atoms with Gasteiger partial charge in [-0.3, -0.25) is 0 Å². The number of nitrogens with one attached hydrogen (secondary N) is 1. The first-order valence-corrected chi connectivity index (χ1v) is 4.72. The zero-order valence-electron chi connectivity index (χ0n) is 7.69. The fourth-order valence-electron chi connectivity index (χ4n) is 1.70. The zero-order valence-corrected chi connectivity index (χ0v) is 7.69. The van der Waals surface area contributed by atoms with E-state index in [1.54, 1.807) is 5.57 Å². The maximum atomic E-state index is 3.36. The highest BCUT2D eigenvalue weighted by Gasteiger charge is 2.09. The molecular weight excluding hydrogens is 134 g/mol. The maximum Gasteiger partial charge on any atom is 0.00700 e. The molecule has 1 atom stereocenters. The lowest BCUT2D eigenvalue weighted by molar-refractivity contribution is 0.502. The van der Waals surface area contributed by atoms with Crippen molar-refractivity contribution in [3.05, 3.63) is 11.6 Å². The van der Waals surface area contributed by atoms with Crippen LogP contribution in [0.1, 0.15) is 39.0 Å². The Morgan fingerprint density at radius 2 is 2.36 bits per heavy atom. The number of hydrogen-bond donors (Lipinski definition) is 1. The monoisotopic (exact) mass is 153 g/mol. The molecular formula is C10H19N. The molecule has 0 aromatic heterocycles. The molecule has 0 aliphatic heterocycles. The van der Waals surface area contributed by atoms with Gasteiger partial charge in [-0.1, -0.05) is 18.6 Å². The van der Waals surface area contributed by atoms with E-state index in [1.165, 1.54) is 32.1 Å². The predicted molar refractivity (Wildman–Crippen MR) is 49.7 cm³/mol. The lowest BCUT2D eigenvalue weighted by Gasteiger charge is -2.11. The normalized spacial score (nSPS) is 26.0. The van der Waals surface area contributed by atoms with Crippen LogP contribution in [0, 0.1) is 0 Å². The van der Waals surface area contributed by atoms with Gasteiger partial charge in [0, 0.05) is 6.04 Å². The van der Waals surface area contributed by atoms with Gasteiger partial charge in [0.2, 0.25) is 0 Å². The minimum atomic E-state index is 0.760. The average Bonchev–Trinajstić information content (AvgIpc) is 2.28. The molecule has 0 heterocycles. The third-order valence-electron chi connectivity index (χ3n) is 2.62. The van der Waals surface area contributed by atoms with E-state index in [0.717, 1.165) is 6.04 Å². The topological polar surface area (TPSA) is 12.0 Å². The molecule has 1 heteroatoms. The maximum absolute atomic E-state index is 3.36. The fraction of sp³-hybridized carbons (Fsp3) is 0.800. The first-order chi connectivity index (χ1) is 5.36. The molecule has 0 bridgehead atoms. The Morgan fingerprint density at radius 3 is 3.00 bits per heavy atom. The Kier molecular flexibility index (Phi) is 3.64. The standard InChI is InChI=1S/C10H19N/c1-3-9-5-4-6-10(11-2)8-7-9/h5,10-11H,3-4,6-8H2,1-2H3. The predicted octanol–water partition coefficient (Wildman–Crippen LogP) is 2.48. The van der Waals surface area contributed by atoms with Gasteiger partial charge in [0.15, 0.2) is 0 Å². The van der Waals surface area contributed by atoms with E-state index in [2.05, 4.69) is 25.4 Å². The van der Waals surface area contributed by atoms with E-state index in [9.17, 15) is 0 Å². The number of hydrogen-bond acceptors (Lipinski definition) is 1. The third-order valence-corrected chi connectivity index (χ3v) is 2.62. The zero-order chi connectivity index (χ0) is 8.10. The Labute approximate surface area is 69.9 Å². The molecule has 64 valence electrons. The minimum absolute atomic E-state index is 0.760. The van der Waals surface area contributed by atoms with Gasteiger partial charge in [-0.05, 0) is 39.2 Å². The molecule has 1 unspecified atom stereocenters. The highest BCUT2D eigenvalue weighted by Crippen LogP contribution is 2.19. The molecule has 1 aliphatic carbocycles. The van der Waals surface area contributed by atoms with Crippen molar-refractivity contribution < 1.29 is 0 Å². The molecule has 11 heavy (non-hydrogen) atoms. The van der Waals surface area contributed by atoms with Gasteiger partial charge in [-0.15, -0.1) is 0 Å². The molecule has 0 fully saturated rings. The number of rotatable bonds is 2. The summed E-state index contributed by atoms with van der Waals surface area (Å²) in [5.41, 5.74) is 1.66. The van der Waals surface area contributed by atoms with Crippen molar-refractivity contribution in [3.8, 4) is 0 Å². The molecule has 1 aliphatic rings. The van der Waals surface area contributed by atoms with Gasteiger partial charge in [0.05, 0.1) is 0 Å². The second kappa shape index (κ2) is 4.55. The van der Waals surface area contributed by atoms with Crippen LogP contribution in [0.2, 0.25) is 0 Å². The SMILES string of the molecule is CCC1=CCCC(NC)CC1. The molecule has 0 aromatic rings. The summed E-state index contributed by atoms with van der Waals surface area (Å²) >= 11 is 0. The van der Waals surface area contributed by atoms with E-state index in [-0.39, 0.29) is 0 Å². The van der Waals surface area contributed by atoms with Crippen LogP contribution in [-0.4, -0.2) is 13.1 Å². The van der Waals surface area contributed by atoms with E-state index < -0.39 is 0 Å². The molecule has 0 saturated heterocycles. The highest BCUT2D eigenvalue weighted by atomic mass is 14.9. The van der Waals surface area contributed by atoms with Gasteiger partial charge in [-0.2, -0.15) is 0 Å². The fourth-order valence-corrected chi connectivity index (χ4v) is 1.70. The Bertz CT molecular complexity index is 138. The van der Waals surface area contributed by atoms with Crippen molar-refractivity contribution in [3.63, 3.8) is 0 Å². The first kappa shape index (κ1) is 8.79. The lowest BCUT2D eigenvalue weighted by Crippen LogP contribution is -2.23. The molecule has 0 radical (unpaired) electrons. The van der Waals surface area contributed by atoms with Gasteiger partial charge in [0.1, 0.15) is 0 Å². The average molecular weight is 153 g/mol. The third kappa shape index (κ3) is 2.66. The van der Waals surface area contributed by atoms with Gasteiger partial charge >= 0.3 is 0 Å². The molecule has 1 N–H and O–H groups in total. The molecule has 0 saturated carbocycles. The Balaban J connectivity index is 2.37. The molecule has 1 rings (SSSR count). The molecule has 0 aromatic carbocycles. The summed E-state index contributed by atoms with van der Waals surface area (Å²) in [6, 6.07) is 0.760. The minimum Gasteiger partial charge on any atom is -0.317 e. The lowest BCUT2D eigenvalue weighted by atomic mass is 10.1. The molecule has 0 amide bonds. The second-order valence-corrected chi connectivity index (χ2v) is 3.32. The van der Waals surface area contributed by atoms with E-state index in [0.29, 0.717) is 0 Å². The van der Waals surface area contributed by atoms with Crippen LogP contribution < -0.4 is 5.32 Å². The summed E-state index contributed by atoms with van der Waals surface area (Å²) in [6.07, 6.45) is 8.90. The van der Waals surface area contributed by atoms with Crippen molar-refractivity contribution in [2.45, 2.75) is 45.1 Å². The van der Waals surface area contributed by atoms with Gasteiger partial charge in [0.25, 0.3) is 0 Å². The van der Waals surface area contributed by atoms with Crippen LogP contribution in [0.15, 0.2) is 11.6 Å². The molecule has 1 nitrogen and oxygen atoms in total. The van der Waals surface area contributed by atoms with Crippen molar-refractivity contribution >= 4 is 0 Å². The summed E-state index contributed by atoms with van der Waals surface area (Å²) in [6.45, 7) is 2.26. The van der Waals surface area contributed by atoms with Crippen molar-refractivity contribution in [2.75, 3.05) is 7.05 Å². The van der Waals surface area contributed by atoms with Gasteiger partial charge < -0.3 is 5.32 Å². The highest BCUT2D eigenvalue weighted by molar-refractivity contribution is 5.04. The Morgan fingerprint density at radius 1 is 1.55 bits per heavy atom.